The first-order valence-corrected chi connectivity index (χ1v) is 8.01. The van der Waals surface area contributed by atoms with Crippen LogP contribution in [-0.4, -0.2) is 13.1 Å². The smallest absolute Gasteiger partial charge is 0.0642 e. The third-order valence-corrected chi connectivity index (χ3v) is 4.71. The second-order valence-corrected chi connectivity index (χ2v) is 6.09. The third kappa shape index (κ3) is 3.45. The van der Waals surface area contributed by atoms with Gasteiger partial charge in [-0.15, -0.1) is 0 Å². The fraction of sp³-hybridized carbons (Fsp3) is 0.294. The maximum atomic E-state index is 6.19. The van der Waals surface area contributed by atoms with Crippen LogP contribution >= 0.6 is 23.2 Å². The van der Waals surface area contributed by atoms with Crippen LogP contribution in [0.15, 0.2) is 42.5 Å². The average molecular weight is 321 g/mol. The van der Waals surface area contributed by atoms with Gasteiger partial charge in [-0.3, -0.25) is 0 Å². The van der Waals surface area contributed by atoms with Crippen molar-refractivity contribution in [2.45, 2.75) is 19.4 Å². The number of anilines is 2. The first-order valence-electron chi connectivity index (χ1n) is 7.26. The highest BCUT2D eigenvalue weighted by molar-refractivity contribution is 6.42. The van der Waals surface area contributed by atoms with Crippen LogP contribution in [-0.2, 0) is 6.54 Å². The lowest BCUT2D eigenvalue weighted by atomic mass is 10.2. The zero-order valence-electron chi connectivity index (χ0n) is 11.8. The van der Waals surface area contributed by atoms with E-state index in [1.165, 1.54) is 31.6 Å². The molecule has 0 amide bonds. The van der Waals surface area contributed by atoms with E-state index in [9.17, 15) is 0 Å². The van der Waals surface area contributed by atoms with Crippen LogP contribution in [0.2, 0.25) is 10.0 Å². The minimum Gasteiger partial charge on any atom is -0.381 e. The zero-order valence-corrected chi connectivity index (χ0v) is 13.3. The molecule has 1 N–H and O–H groups in total. The highest BCUT2D eigenvalue weighted by atomic mass is 35.5. The summed E-state index contributed by atoms with van der Waals surface area (Å²) in [6.45, 7) is 3.01. The fourth-order valence-electron chi connectivity index (χ4n) is 2.65. The van der Waals surface area contributed by atoms with Crippen LogP contribution in [0.5, 0.6) is 0 Å². The second kappa shape index (κ2) is 6.59. The van der Waals surface area contributed by atoms with Crippen molar-refractivity contribution >= 4 is 34.6 Å². The van der Waals surface area contributed by atoms with Crippen molar-refractivity contribution in [2.24, 2.45) is 0 Å². The molecule has 0 unspecified atom stereocenters. The maximum Gasteiger partial charge on any atom is 0.0642 e. The molecule has 0 aromatic heterocycles. The molecule has 1 aliphatic heterocycles. The molecule has 0 saturated carbocycles. The molecule has 1 saturated heterocycles. The standard InChI is InChI=1S/C17H18Cl2N2/c18-16-5-3-4-13(17(16)19)12-20-14-6-8-15(9-7-14)21-10-1-2-11-21/h3-9,20H,1-2,10-12H2. The average Bonchev–Trinajstić information content (AvgIpc) is 3.04. The van der Waals surface area contributed by atoms with Gasteiger partial charge in [0.15, 0.2) is 0 Å². The molecule has 4 heteroatoms. The van der Waals surface area contributed by atoms with Crippen LogP contribution in [0.4, 0.5) is 11.4 Å². The number of halogens is 2. The summed E-state index contributed by atoms with van der Waals surface area (Å²) in [7, 11) is 0. The van der Waals surface area contributed by atoms with Gasteiger partial charge in [-0.2, -0.15) is 0 Å². The van der Waals surface area contributed by atoms with E-state index >= 15 is 0 Å². The quantitative estimate of drug-likeness (QED) is 0.832. The Bertz CT molecular complexity index is 605. The predicted molar refractivity (Wildman–Crippen MR) is 91.7 cm³/mol. The van der Waals surface area contributed by atoms with Gasteiger partial charge in [-0.1, -0.05) is 35.3 Å². The van der Waals surface area contributed by atoms with E-state index in [2.05, 4.69) is 34.5 Å². The van der Waals surface area contributed by atoms with E-state index in [0.29, 0.717) is 16.6 Å². The molecular formula is C17H18Cl2N2. The van der Waals surface area contributed by atoms with Crippen molar-refractivity contribution in [2.75, 3.05) is 23.3 Å². The normalized spacial score (nSPS) is 14.5. The molecule has 1 aliphatic rings. The SMILES string of the molecule is Clc1cccc(CNc2ccc(N3CCCC3)cc2)c1Cl. The van der Waals surface area contributed by atoms with E-state index in [0.717, 1.165) is 11.3 Å². The molecule has 0 atom stereocenters. The van der Waals surface area contributed by atoms with Gasteiger partial charge < -0.3 is 10.2 Å². The number of rotatable bonds is 4. The molecule has 2 nitrogen and oxygen atoms in total. The summed E-state index contributed by atoms with van der Waals surface area (Å²) in [6.07, 6.45) is 2.60. The Labute approximate surface area is 135 Å². The van der Waals surface area contributed by atoms with Crippen molar-refractivity contribution in [3.63, 3.8) is 0 Å². The largest absolute Gasteiger partial charge is 0.381 e. The number of nitrogens with one attached hydrogen (secondary N) is 1. The summed E-state index contributed by atoms with van der Waals surface area (Å²) in [6, 6.07) is 14.3. The molecule has 110 valence electrons. The number of hydrogen-bond acceptors (Lipinski definition) is 2. The summed E-state index contributed by atoms with van der Waals surface area (Å²) < 4.78 is 0. The van der Waals surface area contributed by atoms with E-state index in [1.807, 2.05) is 12.1 Å². The maximum absolute atomic E-state index is 6.19. The van der Waals surface area contributed by atoms with Crippen LogP contribution in [0.3, 0.4) is 0 Å². The summed E-state index contributed by atoms with van der Waals surface area (Å²) in [5.74, 6) is 0. The summed E-state index contributed by atoms with van der Waals surface area (Å²) in [4.78, 5) is 2.43. The number of hydrogen-bond donors (Lipinski definition) is 1. The van der Waals surface area contributed by atoms with Gasteiger partial charge >= 0.3 is 0 Å². The lowest BCUT2D eigenvalue weighted by Crippen LogP contribution is -2.17. The first-order chi connectivity index (χ1) is 10.2. The minimum absolute atomic E-state index is 0.598. The Hall–Kier alpha value is -1.38. The molecule has 1 heterocycles. The van der Waals surface area contributed by atoms with Gasteiger partial charge in [0.2, 0.25) is 0 Å². The van der Waals surface area contributed by atoms with Gasteiger partial charge in [0.1, 0.15) is 0 Å². The Morgan fingerprint density at radius 3 is 2.38 bits per heavy atom. The van der Waals surface area contributed by atoms with Gasteiger partial charge in [0, 0.05) is 31.0 Å². The van der Waals surface area contributed by atoms with Crippen LogP contribution in [0.1, 0.15) is 18.4 Å². The Morgan fingerprint density at radius 2 is 1.67 bits per heavy atom. The number of nitrogens with zero attached hydrogens (tertiary/aromatic N) is 1. The fourth-order valence-corrected chi connectivity index (χ4v) is 3.03. The Balaban J connectivity index is 1.64. The molecule has 21 heavy (non-hydrogen) atoms. The summed E-state index contributed by atoms with van der Waals surface area (Å²) in [5, 5.41) is 4.61. The Morgan fingerprint density at radius 1 is 0.952 bits per heavy atom. The third-order valence-electron chi connectivity index (χ3n) is 3.85. The van der Waals surface area contributed by atoms with Crippen LogP contribution in [0, 0.1) is 0 Å². The van der Waals surface area contributed by atoms with Crippen molar-refractivity contribution in [3.05, 3.63) is 58.1 Å². The van der Waals surface area contributed by atoms with Crippen molar-refractivity contribution in [1.29, 1.82) is 0 Å². The lowest BCUT2D eigenvalue weighted by Gasteiger charge is -2.18. The zero-order chi connectivity index (χ0) is 14.7. The molecule has 2 aromatic carbocycles. The highest BCUT2D eigenvalue weighted by Crippen LogP contribution is 2.27. The lowest BCUT2D eigenvalue weighted by molar-refractivity contribution is 0.949. The minimum atomic E-state index is 0.598. The van der Waals surface area contributed by atoms with E-state index in [4.69, 9.17) is 23.2 Å². The molecule has 0 bridgehead atoms. The van der Waals surface area contributed by atoms with Gasteiger partial charge in [-0.25, -0.2) is 0 Å². The van der Waals surface area contributed by atoms with Gasteiger partial charge in [0.25, 0.3) is 0 Å². The van der Waals surface area contributed by atoms with Crippen molar-refractivity contribution in [1.82, 2.24) is 0 Å². The molecular weight excluding hydrogens is 303 g/mol. The van der Waals surface area contributed by atoms with Gasteiger partial charge in [0.05, 0.1) is 10.0 Å². The van der Waals surface area contributed by atoms with Gasteiger partial charge in [-0.05, 0) is 48.7 Å². The highest BCUT2D eigenvalue weighted by Gasteiger charge is 2.11. The summed E-state index contributed by atoms with van der Waals surface area (Å²) >= 11 is 12.2. The van der Waals surface area contributed by atoms with Crippen LogP contribution < -0.4 is 10.2 Å². The molecule has 0 aliphatic carbocycles. The molecule has 1 fully saturated rings. The van der Waals surface area contributed by atoms with Crippen LogP contribution in [0.25, 0.3) is 0 Å². The second-order valence-electron chi connectivity index (χ2n) is 5.31. The van der Waals surface area contributed by atoms with E-state index in [1.54, 1.807) is 6.07 Å². The molecule has 0 radical (unpaired) electrons. The van der Waals surface area contributed by atoms with E-state index < -0.39 is 0 Å². The molecule has 3 rings (SSSR count). The summed E-state index contributed by atoms with van der Waals surface area (Å²) in [5.41, 5.74) is 3.40. The number of benzene rings is 2. The topological polar surface area (TPSA) is 15.3 Å². The van der Waals surface area contributed by atoms with Crippen molar-refractivity contribution in [3.8, 4) is 0 Å². The first kappa shape index (κ1) is 14.6. The molecule has 2 aromatic rings. The predicted octanol–water partition coefficient (Wildman–Crippen LogP) is 5.21. The van der Waals surface area contributed by atoms with E-state index in [-0.39, 0.29) is 0 Å². The molecule has 0 spiro atoms. The Kier molecular flexibility index (Phi) is 4.57. The monoisotopic (exact) mass is 320 g/mol. The van der Waals surface area contributed by atoms with Crippen molar-refractivity contribution < 1.29 is 0 Å².